The van der Waals surface area contributed by atoms with E-state index in [1.165, 1.54) is 17.5 Å². The van der Waals surface area contributed by atoms with Crippen molar-refractivity contribution in [3.63, 3.8) is 0 Å². The number of aliphatic hydroxyl groups excluding tert-OH is 1. The number of aromatic nitrogens is 1. The van der Waals surface area contributed by atoms with Crippen molar-refractivity contribution in [2.45, 2.75) is 44.6 Å². The van der Waals surface area contributed by atoms with Crippen LogP contribution in [0.3, 0.4) is 0 Å². The lowest BCUT2D eigenvalue weighted by molar-refractivity contribution is 0.119. The summed E-state index contributed by atoms with van der Waals surface area (Å²) in [6, 6.07) is 2.19. The zero-order valence-corrected chi connectivity index (χ0v) is 8.61. The molecule has 1 N–H and O–H groups in total. The van der Waals surface area contributed by atoms with Gasteiger partial charge in [-0.25, -0.2) is 0 Å². The van der Waals surface area contributed by atoms with Crippen LogP contribution in [0.15, 0.2) is 18.5 Å². The summed E-state index contributed by atoms with van der Waals surface area (Å²) in [5.74, 6) is 0.520. The van der Waals surface area contributed by atoms with E-state index in [9.17, 15) is 5.11 Å². The van der Waals surface area contributed by atoms with Gasteiger partial charge in [-0.05, 0) is 43.2 Å². The van der Waals surface area contributed by atoms with Crippen LogP contribution in [0, 0.1) is 6.92 Å². The van der Waals surface area contributed by atoms with E-state index in [4.69, 9.17) is 0 Å². The fourth-order valence-corrected chi connectivity index (χ4v) is 2.27. The lowest BCUT2D eigenvalue weighted by Crippen LogP contribution is -2.18. The molecule has 1 saturated carbocycles. The lowest BCUT2D eigenvalue weighted by Gasteiger charge is -2.25. The standard InChI is InChI=1S/C12H17NO/c1-9-5-11(8-13-7-9)10-3-2-4-12(14)6-10/h5,7-8,10,12,14H,2-4,6H2,1H3. The van der Waals surface area contributed by atoms with Crippen molar-refractivity contribution in [3.8, 4) is 0 Å². The number of rotatable bonds is 1. The molecule has 0 aliphatic heterocycles. The highest BCUT2D eigenvalue weighted by molar-refractivity contribution is 5.21. The van der Waals surface area contributed by atoms with Gasteiger partial charge in [-0.3, -0.25) is 4.98 Å². The van der Waals surface area contributed by atoms with Crippen molar-refractivity contribution in [2.75, 3.05) is 0 Å². The van der Waals surface area contributed by atoms with Crippen LogP contribution < -0.4 is 0 Å². The number of hydrogen-bond donors (Lipinski definition) is 1. The first-order chi connectivity index (χ1) is 6.75. The molecular formula is C12H17NO. The molecule has 2 nitrogen and oxygen atoms in total. The minimum atomic E-state index is -0.103. The van der Waals surface area contributed by atoms with Crippen LogP contribution in [0.5, 0.6) is 0 Å². The number of nitrogens with zero attached hydrogens (tertiary/aromatic N) is 1. The second-order valence-corrected chi connectivity index (χ2v) is 4.31. The fourth-order valence-electron chi connectivity index (χ4n) is 2.27. The summed E-state index contributed by atoms with van der Waals surface area (Å²) in [4.78, 5) is 4.20. The molecule has 1 aromatic rings. The van der Waals surface area contributed by atoms with Crippen LogP contribution in [0.25, 0.3) is 0 Å². The van der Waals surface area contributed by atoms with Crippen LogP contribution in [0.2, 0.25) is 0 Å². The first kappa shape index (κ1) is 9.66. The molecule has 1 heterocycles. The SMILES string of the molecule is Cc1cncc(C2CCCC(O)C2)c1. The predicted molar refractivity (Wildman–Crippen MR) is 56.2 cm³/mol. The van der Waals surface area contributed by atoms with Crippen molar-refractivity contribution >= 4 is 0 Å². The zero-order chi connectivity index (χ0) is 9.97. The Kier molecular flexibility index (Phi) is 2.82. The normalized spacial score (nSPS) is 27.6. The van der Waals surface area contributed by atoms with E-state index in [1.807, 2.05) is 12.4 Å². The van der Waals surface area contributed by atoms with Gasteiger partial charge in [0, 0.05) is 12.4 Å². The molecule has 1 fully saturated rings. The van der Waals surface area contributed by atoms with Crippen molar-refractivity contribution in [1.29, 1.82) is 0 Å². The van der Waals surface area contributed by atoms with Crippen molar-refractivity contribution in [3.05, 3.63) is 29.6 Å². The Bertz CT molecular complexity index is 311. The second kappa shape index (κ2) is 4.09. The van der Waals surface area contributed by atoms with E-state index in [-0.39, 0.29) is 6.10 Å². The van der Waals surface area contributed by atoms with Crippen LogP contribution in [0.4, 0.5) is 0 Å². The third kappa shape index (κ3) is 2.13. The highest BCUT2D eigenvalue weighted by atomic mass is 16.3. The number of hydrogen-bond acceptors (Lipinski definition) is 2. The number of pyridine rings is 1. The topological polar surface area (TPSA) is 33.1 Å². The molecule has 2 unspecified atom stereocenters. The molecule has 0 bridgehead atoms. The van der Waals surface area contributed by atoms with E-state index in [0.717, 1.165) is 19.3 Å². The number of aryl methyl sites for hydroxylation is 1. The van der Waals surface area contributed by atoms with E-state index < -0.39 is 0 Å². The average molecular weight is 191 g/mol. The number of aliphatic hydroxyl groups is 1. The average Bonchev–Trinajstić information content (AvgIpc) is 2.18. The van der Waals surface area contributed by atoms with Gasteiger partial charge in [0.2, 0.25) is 0 Å². The summed E-state index contributed by atoms with van der Waals surface area (Å²) in [5, 5.41) is 9.59. The predicted octanol–water partition coefficient (Wildman–Crippen LogP) is 2.41. The summed E-state index contributed by atoms with van der Waals surface area (Å²) >= 11 is 0. The van der Waals surface area contributed by atoms with Gasteiger partial charge in [0.05, 0.1) is 6.10 Å². The van der Waals surface area contributed by atoms with Gasteiger partial charge in [0.15, 0.2) is 0 Å². The summed E-state index contributed by atoms with van der Waals surface area (Å²) in [5.41, 5.74) is 2.51. The molecule has 0 spiro atoms. The molecule has 0 aromatic carbocycles. The molecule has 0 radical (unpaired) electrons. The Morgan fingerprint density at radius 2 is 2.21 bits per heavy atom. The third-order valence-electron chi connectivity index (χ3n) is 3.01. The quantitative estimate of drug-likeness (QED) is 0.739. The van der Waals surface area contributed by atoms with E-state index in [0.29, 0.717) is 5.92 Å². The van der Waals surface area contributed by atoms with Gasteiger partial charge < -0.3 is 5.11 Å². The zero-order valence-electron chi connectivity index (χ0n) is 8.61. The fraction of sp³-hybridized carbons (Fsp3) is 0.583. The Labute approximate surface area is 85.0 Å². The van der Waals surface area contributed by atoms with E-state index in [2.05, 4.69) is 18.0 Å². The van der Waals surface area contributed by atoms with Crippen molar-refractivity contribution in [1.82, 2.24) is 4.98 Å². The van der Waals surface area contributed by atoms with Crippen LogP contribution >= 0.6 is 0 Å². The first-order valence-electron chi connectivity index (χ1n) is 5.35. The lowest BCUT2D eigenvalue weighted by atomic mass is 9.83. The van der Waals surface area contributed by atoms with Gasteiger partial charge >= 0.3 is 0 Å². The molecule has 2 rings (SSSR count). The van der Waals surface area contributed by atoms with Crippen LogP contribution in [-0.2, 0) is 0 Å². The highest BCUT2D eigenvalue weighted by Crippen LogP contribution is 2.32. The molecule has 2 atom stereocenters. The largest absolute Gasteiger partial charge is 0.393 e. The summed E-state index contributed by atoms with van der Waals surface area (Å²) in [7, 11) is 0. The molecule has 0 amide bonds. The highest BCUT2D eigenvalue weighted by Gasteiger charge is 2.21. The molecule has 2 heteroatoms. The van der Waals surface area contributed by atoms with Gasteiger partial charge in [0.25, 0.3) is 0 Å². The Hall–Kier alpha value is -0.890. The molecule has 1 aliphatic rings. The van der Waals surface area contributed by atoms with Crippen LogP contribution in [0.1, 0.15) is 42.7 Å². The molecule has 76 valence electrons. The van der Waals surface area contributed by atoms with Gasteiger partial charge in [-0.2, -0.15) is 0 Å². The molecule has 14 heavy (non-hydrogen) atoms. The molecule has 1 aliphatic carbocycles. The van der Waals surface area contributed by atoms with Crippen molar-refractivity contribution < 1.29 is 5.11 Å². The Balaban J connectivity index is 2.14. The van der Waals surface area contributed by atoms with Gasteiger partial charge in [-0.1, -0.05) is 12.5 Å². The van der Waals surface area contributed by atoms with Gasteiger partial charge in [-0.15, -0.1) is 0 Å². The Morgan fingerprint density at radius 1 is 1.36 bits per heavy atom. The van der Waals surface area contributed by atoms with E-state index in [1.54, 1.807) is 0 Å². The smallest absolute Gasteiger partial charge is 0.0546 e. The summed E-state index contributed by atoms with van der Waals surface area (Å²) in [6.07, 6.45) is 7.93. The monoisotopic (exact) mass is 191 g/mol. The van der Waals surface area contributed by atoms with Crippen LogP contribution in [-0.4, -0.2) is 16.2 Å². The maximum Gasteiger partial charge on any atom is 0.0546 e. The minimum absolute atomic E-state index is 0.103. The molecular weight excluding hydrogens is 174 g/mol. The first-order valence-corrected chi connectivity index (χ1v) is 5.35. The summed E-state index contributed by atoms with van der Waals surface area (Å²) in [6.45, 7) is 2.07. The third-order valence-corrected chi connectivity index (χ3v) is 3.01. The Morgan fingerprint density at radius 3 is 2.93 bits per heavy atom. The van der Waals surface area contributed by atoms with Gasteiger partial charge in [0.1, 0.15) is 0 Å². The van der Waals surface area contributed by atoms with Crippen molar-refractivity contribution in [2.24, 2.45) is 0 Å². The van der Waals surface area contributed by atoms with E-state index >= 15 is 0 Å². The summed E-state index contributed by atoms with van der Waals surface area (Å²) < 4.78 is 0. The second-order valence-electron chi connectivity index (χ2n) is 4.31. The maximum absolute atomic E-state index is 9.59. The molecule has 0 saturated heterocycles. The minimum Gasteiger partial charge on any atom is -0.393 e. The maximum atomic E-state index is 9.59. The molecule has 1 aromatic heterocycles.